The second-order valence-electron chi connectivity index (χ2n) is 9.28. The molecule has 2 aromatic carbocycles. The summed E-state index contributed by atoms with van der Waals surface area (Å²) in [6.07, 6.45) is 6.27. The molecule has 0 radical (unpaired) electrons. The summed E-state index contributed by atoms with van der Waals surface area (Å²) in [5, 5.41) is 3.73. The fourth-order valence-electron chi connectivity index (χ4n) is 4.52. The lowest BCUT2D eigenvalue weighted by molar-refractivity contribution is -0.140. The van der Waals surface area contributed by atoms with Gasteiger partial charge in [-0.15, -0.1) is 0 Å². The molecule has 0 aromatic heterocycles. The van der Waals surface area contributed by atoms with Crippen LogP contribution in [0, 0.1) is 5.82 Å². The minimum absolute atomic E-state index is 0.0212. The van der Waals surface area contributed by atoms with E-state index in [1.54, 1.807) is 25.1 Å². The Balaban J connectivity index is 1.92. The predicted octanol–water partition coefficient (Wildman–Crippen LogP) is 5.15. The van der Waals surface area contributed by atoms with Gasteiger partial charge in [0.1, 0.15) is 18.4 Å². The number of hydrogen-bond donors (Lipinski definition) is 1. The van der Waals surface area contributed by atoms with Crippen LogP contribution >= 0.6 is 23.2 Å². The summed E-state index contributed by atoms with van der Waals surface area (Å²) in [4.78, 5) is 28.4. The Bertz CT molecular complexity index is 1200. The van der Waals surface area contributed by atoms with E-state index in [9.17, 15) is 22.4 Å². The third-order valence-electron chi connectivity index (χ3n) is 6.47. The van der Waals surface area contributed by atoms with E-state index in [2.05, 4.69) is 5.32 Å². The molecule has 1 atom stereocenters. The molecule has 2 aromatic rings. The third-order valence-corrected chi connectivity index (χ3v) is 8.35. The van der Waals surface area contributed by atoms with E-state index in [1.807, 2.05) is 0 Å². The molecule has 1 fully saturated rings. The molecule has 1 N–H and O–H groups in total. The normalized spacial score (nSPS) is 15.2. The van der Waals surface area contributed by atoms with Gasteiger partial charge in [0, 0.05) is 12.6 Å². The molecule has 37 heavy (non-hydrogen) atoms. The van der Waals surface area contributed by atoms with Crippen molar-refractivity contribution in [2.24, 2.45) is 0 Å². The van der Waals surface area contributed by atoms with Crippen LogP contribution in [0.5, 0.6) is 0 Å². The first-order valence-electron chi connectivity index (χ1n) is 12.3. The number of carbonyl (C=O) groups is 2. The number of benzene rings is 2. The largest absolute Gasteiger partial charge is 0.352 e. The van der Waals surface area contributed by atoms with Gasteiger partial charge in [-0.2, -0.15) is 0 Å². The lowest BCUT2D eigenvalue weighted by Gasteiger charge is -2.34. The average molecular weight is 573 g/mol. The molecule has 202 valence electrons. The van der Waals surface area contributed by atoms with Crippen molar-refractivity contribution in [3.05, 3.63) is 63.9 Å². The molecule has 0 heterocycles. The van der Waals surface area contributed by atoms with Crippen LogP contribution in [0.3, 0.4) is 0 Å². The molecule has 1 aliphatic rings. The molecule has 2 amide bonds. The molecule has 1 unspecified atom stereocenters. The highest BCUT2D eigenvalue weighted by atomic mass is 35.5. The molecule has 3 rings (SSSR count). The van der Waals surface area contributed by atoms with Crippen molar-refractivity contribution in [2.45, 2.75) is 64.1 Å². The van der Waals surface area contributed by atoms with E-state index in [0.717, 1.165) is 54.8 Å². The van der Waals surface area contributed by atoms with Gasteiger partial charge >= 0.3 is 0 Å². The maximum Gasteiger partial charge on any atom is 0.244 e. The van der Waals surface area contributed by atoms with Crippen LogP contribution in [-0.4, -0.2) is 50.0 Å². The number of rotatable bonds is 10. The molecule has 1 saturated carbocycles. The van der Waals surface area contributed by atoms with Crippen LogP contribution in [-0.2, 0) is 26.2 Å². The smallest absolute Gasteiger partial charge is 0.244 e. The summed E-state index contributed by atoms with van der Waals surface area (Å²) in [5.74, 6) is -1.39. The van der Waals surface area contributed by atoms with Gasteiger partial charge in [-0.25, -0.2) is 12.8 Å². The SMILES string of the molecule is CCC(C(=O)NC1CCCCC1)N(Cc1ccc(Cl)c(Cl)c1)C(=O)CN(c1ccc(F)cc1)S(C)(=O)=O. The Hall–Kier alpha value is -2.36. The summed E-state index contributed by atoms with van der Waals surface area (Å²) in [5.41, 5.74) is 0.783. The standard InChI is InChI=1S/C26H32Cl2FN3O4S/c1-3-24(26(34)30-20-7-5-4-6-8-20)31(16-18-9-14-22(27)23(28)15-18)25(33)17-32(37(2,35)36)21-12-10-19(29)11-13-21/h9-15,20,24H,3-8,16-17H2,1-2H3,(H,30,34). The van der Waals surface area contributed by atoms with Crippen molar-refractivity contribution >= 4 is 50.7 Å². The molecule has 0 bridgehead atoms. The van der Waals surface area contributed by atoms with Crippen LogP contribution in [0.15, 0.2) is 42.5 Å². The first-order chi connectivity index (χ1) is 17.5. The van der Waals surface area contributed by atoms with Gasteiger partial charge in [-0.1, -0.05) is 55.5 Å². The number of anilines is 1. The summed E-state index contributed by atoms with van der Waals surface area (Å²) < 4.78 is 39.6. The highest BCUT2D eigenvalue weighted by Gasteiger charge is 2.33. The first kappa shape index (κ1) is 29.2. The van der Waals surface area contributed by atoms with E-state index in [0.29, 0.717) is 22.0 Å². The highest BCUT2D eigenvalue weighted by Crippen LogP contribution is 2.25. The Morgan fingerprint density at radius 2 is 1.70 bits per heavy atom. The Kier molecular flexibility index (Phi) is 10.2. The minimum atomic E-state index is -3.90. The fourth-order valence-corrected chi connectivity index (χ4v) is 5.69. The number of hydrogen-bond acceptors (Lipinski definition) is 4. The van der Waals surface area contributed by atoms with Gasteiger partial charge in [-0.05, 0) is 61.2 Å². The fraction of sp³-hybridized carbons (Fsp3) is 0.462. The van der Waals surface area contributed by atoms with E-state index >= 15 is 0 Å². The average Bonchev–Trinajstić information content (AvgIpc) is 2.85. The maximum atomic E-state index is 13.7. The minimum Gasteiger partial charge on any atom is -0.352 e. The second-order valence-corrected chi connectivity index (χ2v) is 12.0. The van der Waals surface area contributed by atoms with Crippen molar-refractivity contribution in [1.82, 2.24) is 10.2 Å². The molecule has 7 nitrogen and oxygen atoms in total. The van der Waals surface area contributed by atoms with Gasteiger partial charge in [0.25, 0.3) is 0 Å². The highest BCUT2D eigenvalue weighted by molar-refractivity contribution is 7.92. The van der Waals surface area contributed by atoms with Gasteiger partial charge in [0.05, 0.1) is 22.0 Å². The summed E-state index contributed by atoms with van der Waals surface area (Å²) >= 11 is 12.2. The Morgan fingerprint density at radius 3 is 2.27 bits per heavy atom. The quantitative estimate of drug-likeness (QED) is 0.427. The van der Waals surface area contributed by atoms with Crippen LogP contribution in [0.25, 0.3) is 0 Å². The van der Waals surface area contributed by atoms with Gasteiger partial charge in [0.2, 0.25) is 21.8 Å². The Labute approximate surface area is 228 Å². The zero-order valence-corrected chi connectivity index (χ0v) is 23.3. The van der Waals surface area contributed by atoms with Crippen LogP contribution in [0.4, 0.5) is 10.1 Å². The van der Waals surface area contributed by atoms with E-state index in [4.69, 9.17) is 23.2 Å². The number of nitrogens with zero attached hydrogens (tertiary/aromatic N) is 2. The molecule has 0 saturated heterocycles. The molecule has 0 aliphatic heterocycles. The third kappa shape index (κ3) is 8.06. The van der Waals surface area contributed by atoms with E-state index in [-0.39, 0.29) is 24.2 Å². The first-order valence-corrected chi connectivity index (χ1v) is 14.9. The lowest BCUT2D eigenvalue weighted by atomic mass is 9.95. The zero-order valence-electron chi connectivity index (χ0n) is 20.9. The molecular weight excluding hydrogens is 540 g/mol. The van der Waals surface area contributed by atoms with Crippen molar-refractivity contribution in [3.8, 4) is 0 Å². The van der Waals surface area contributed by atoms with Crippen LogP contribution < -0.4 is 9.62 Å². The molecule has 0 spiro atoms. The number of carbonyl (C=O) groups excluding carboxylic acids is 2. The summed E-state index contributed by atoms with van der Waals surface area (Å²) in [6, 6.07) is 8.96. The lowest BCUT2D eigenvalue weighted by Crippen LogP contribution is -2.53. The second kappa shape index (κ2) is 12.9. The van der Waals surface area contributed by atoms with E-state index < -0.39 is 34.3 Å². The number of nitrogens with one attached hydrogen (secondary N) is 1. The molecular formula is C26H32Cl2FN3O4S. The number of sulfonamides is 1. The van der Waals surface area contributed by atoms with Crippen molar-refractivity contribution < 1.29 is 22.4 Å². The zero-order chi connectivity index (χ0) is 27.2. The van der Waals surface area contributed by atoms with Gasteiger partial charge in [0.15, 0.2) is 0 Å². The summed E-state index contributed by atoms with van der Waals surface area (Å²) in [7, 11) is -3.90. The van der Waals surface area contributed by atoms with Crippen LogP contribution in [0.1, 0.15) is 51.0 Å². The maximum absolute atomic E-state index is 13.7. The van der Waals surface area contributed by atoms with Gasteiger partial charge in [-0.3, -0.25) is 13.9 Å². The summed E-state index contributed by atoms with van der Waals surface area (Å²) in [6.45, 7) is 1.26. The number of amides is 2. The van der Waals surface area contributed by atoms with Crippen molar-refractivity contribution in [3.63, 3.8) is 0 Å². The monoisotopic (exact) mass is 571 g/mol. The van der Waals surface area contributed by atoms with Crippen molar-refractivity contribution in [2.75, 3.05) is 17.1 Å². The molecule has 11 heteroatoms. The number of halogens is 3. The van der Waals surface area contributed by atoms with E-state index in [1.165, 1.54) is 17.0 Å². The Morgan fingerprint density at radius 1 is 1.05 bits per heavy atom. The topological polar surface area (TPSA) is 86.8 Å². The van der Waals surface area contributed by atoms with Crippen LogP contribution in [0.2, 0.25) is 10.0 Å². The molecule has 1 aliphatic carbocycles. The predicted molar refractivity (Wildman–Crippen MR) is 145 cm³/mol. The van der Waals surface area contributed by atoms with Gasteiger partial charge < -0.3 is 10.2 Å². The van der Waals surface area contributed by atoms with Crippen molar-refractivity contribution in [1.29, 1.82) is 0 Å².